The molecule has 24 heavy (non-hydrogen) atoms. The fourth-order valence-electron chi connectivity index (χ4n) is 3.27. The topological polar surface area (TPSA) is 71.3 Å². The van der Waals surface area contributed by atoms with Crippen LogP contribution >= 0.6 is 0 Å². The number of carbonyl (C=O) groups is 1. The molecular weight excluding hydrogens is 304 g/mol. The minimum absolute atomic E-state index is 0.131. The van der Waals surface area contributed by atoms with Gasteiger partial charge in [0, 0.05) is 31.6 Å². The van der Waals surface area contributed by atoms with Crippen molar-refractivity contribution in [3.8, 4) is 0 Å². The summed E-state index contributed by atoms with van der Waals surface area (Å²) in [5.74, 6) is 2.36. The van der Waals surface area contributed by atoms with Crippen LogP contribution in [0.15, 0.2) is 16.5 Å². The van der Waals surface area contributed by atoms with Gasteiger partial charge in [0.05, 0.1) is 11.6 Å². The Morgan fingerprint density at radius 2 is 2.17 bits per heavy atom. The lowest BCUT2D eigenvalue weighted by Crippen LogP contribution is -2.39. The molecule has 3 rings (SSSR count). The van der Waals surface area contributed by atoms with Crippen molar-refractivity contribution >= 4 is 11.7 Å². The van der Waals surface area contributed by atoms with E-state index in [0.29, 0.717) is 13.1 Å². The van der Waals surface area contributed by atoms with E-state index in [4.69, 9.17) is 4.42 Å². The molecular formula is C18H24N4O2. The molecule has 1 aliphatic heterocycles. The molecule has 0 unspecified atom stereocenters. The first-order valence-corrected chi connectivity index (χ1v) is 8.44. The number of aromatic nitrogens is 2. The summed E-state index contributed by atoms with van der Waals surface area (Å²) in [4.78, 5) is 14.8. The molecule has 0 saturated heterocycles. The summed E-state index contributed by atoms with van der Waals surface area (Å²) < 4.78 is 5.57. The van der Waals surface area contributed by atoms with Crippen molar-refractivity contribution in [2.75, 3.05) is 18.4 Å². The third kappa shape index (κ3) is 3.13. The van der Waals surface area contributed by atoms with Gasteiger partial charge in [-0.3, -0.25) is 4.79 Å². The molecule has 0 radical (unpaired) electrons. The van der Waals surface area contributed by atoms with Gasteiger partial charge >= 0.3 is 0 Å². The molecule has 0 spiro atoms. The predicted molar refractivity (Wildman–Crippen MR) is 91.9 cm³/mol. The summed E-state index contributed by atoms with van der Waals surface area (Å²) in [5, 5.41) is 11.6. The van der Waals surface area contributed by atoms with E-state index in [0.717, 1.165) is 47.1 Å². The van der Waals surface area contributed by atoms with Crippen LogP contribution in [0.1, 0.15) is 48.1 Å². The van der Waals surface area contributed by atoms with Crippen molar-refractivity contribution in [2.24, 2.45) is 0 Å². The van der Waals surface area contributed by atoms with Crippen LogP contribution in [0.5, 0.6) is 0 Å². The van der Waals surface area contributed by atoms with Gasteiger partial charge in [0.15, 0.2) is 0 Å². The Balaban J connectivity index is 1.77. The normalized spacial score (nSPS) is 15.1. The number of aryl methyl sites for hydroxylation is 2. The van der Waals surface area contributed by atoms with Crippen LogP contribution in [-0.4, -0.2) is 34.1 Å². The van der Waals surface area contributed by atoms with Gasteiger partial charge in [-0.2, -0.15) is 5.10 Å². The highest BCUT2D eigenvalue weighted by molar-refractivity contribution is 5.83. The van der Waals surface area contributed by atoms with E-state index in [1.165, 1.54) is 0 Å². The Labute approximate surface area is 142 Å². The molecule has 2 aromatic rings. The average Bonchev–Trinajstić information content (AvgIpc) is 2.91. The number of amides is 1. The minimum atomic E-state index is -0.202. The van der Waals surface area contributed by atoms with Gasteiger partial charge in [0.1, 0.15) is 17.3 Å². The predicted octanol–water partition coefficient (Wildman–Crippen LogP) is 2.81. The van der Waals surface area contributed by atoms with Gasteiger partial charge in [-0.05, 0) is 45.4 Å². The highest BCUT2D eigenvalue weighted by Crippen LogP contribution is 2.27. The van der Waals surface area contributed by atoms with E-state index >= 15 is 0 Å². The maximum atomic E-state index is 12.9. The second kappa shape index (κ2) is 6.63. The standard InChI is InChI=1S/C18H24N4O2/c1-5-19-17-9-14-10-22(7-6-16(14)20-21-17)18(23)12(3)15-8-11(2)24-13(15)4/h8-9,12H,5-7,10H2,1-4H3,(H,19,21)/t12-/m1/s1. The SMILES string of the molecule is CCNc1cc2c(nn1)CCN(C(=O)[C@H](C)c1cc(C)oc1C)C2. The highest BCUT2D eigenvalue weighted by atomic mass is 16.3. The summed E-state index contributed by atoms with van der Waals surface area (Å²) >= 11 is 0. The van der Waals surface area contributed by atoms with E-state index in [9.17, 15) is 4.79 Å². The number of carbonyl (C=O) groups excluding carboxylic acids is 1. The first kappa shape index (κ1) is 16.5. The van der Waals surface area contributed by atoms with Crippen molar-refractivity contribution in [2.45, 2.75) is 46.6 Å². The zero-order valence-electron chi connectivity index (χ0n) is 14.7. The van der Waals surface area contributed by atoms with Crippen LogP contribution < -0.4 is 5.32 Å². The molecule has 1 N–H and O–H groups in total. The molecule has 0 aromatic carbocycles. The monoisotopic (exact) mass is 328 g/mol. The van der Waals surface area contributed by atoms with Gasteiger partial charge in [-0.15, -0.1) is 5.10 Å². The Hall–Kier alpha value is -2.37. The molecule has 2 aromatic heterocycles. The van der Waals surface area contributed by atoms with Crippen LogP contribution in [0, 0.1) is 13.8 Å². The number of hydrogen-bond donors (Lipinski definition) is 1. The Kier molecular flexibility index (Phi) is 4.55. The number of nitrogens with zero attached hydrogens (tertiary/aromatic N) is 3. The first-order chi connectivity index (χ1) is 11.5. The summed E-state index contributed by atoms with van der Waals surface area (Å²) in [6.07, 6.45) is 0.747. The van der Waals surface area contributed by atoms with Crippen molar-refractivity contribution in [1.82, 2.24) is 15.1 Å². The molecule has 0 fully saturated rings. The lowest BCUT2D eigenvalue weighted by atomic mass is 9.98. The fraction of sp³-hybridized carbons (Fsp3) is 0.500. The molecule has 0 bridgehead atoms. The summed E-state index contributed by atoms with van der Waals surface area (Å²) in [7, 11) is 0. The first-order valence-electron chi connectivity index (χ1n) is 8.44. The van der Waals surface area contributed by atoms with E-state index in [2.05, 4.69) is 15.5 Å². The van der Waals surface area contributed by atoms with E-state index in [-0.39, 0.29) is 11.8 Å². The zero-order chi connectivity index (χ0) is 17.3. The highest BCUT2D eigenvalue weighted by Gasteiger charge is 2.28. The summed E-state index contributed by atoms with van der Waals surface area (Å²) in [6, 6.07) is 3.97. The average molecular weight is 328 g/mol. The Bertz CT molecular complexity index is 753. The van der Waals surface area contributed by atoms with Crippen LogP contribution in [0.3, 0.4) is 0 Å². The molecule has 6 nitrogen and oxygen atoms in total. The van der Waals surface area contributed by atoms with E-state index in [1.807, 2.05) is 44.7 Å². The van der Waals surface area contributed by atoms with Crippen molar-refractivity contribution in [1.29, 1.82) is 0 Å². The third-order valence-corrected chi connectivity index (χ3v) is 4.53. The Morgan fingerprint density at radius 1 is 1.38 bits per heavy atom. The second-order valence-electron chi connectivity index (χ2n) is 6.33. The molecule has 0 saturated carbocycles. The number of rotatable bonds is 4. The van der Waals surface area contributed by atoms with Gasteiger partial charge in [-0.1, -0.05) is 0 Å². The molecule has 3 heterocycles. The second-order valence-corrected chi connectivity index (χ2v) is 6.33. The number of nitrogens with one attached hydrogen (secondary N) is 1. The molecule has 0 aliphatic carbocycles. The van der Waals surface area contributed by atoms with E-state index < -0.39 is 0 Å². The summed E-state index contributed by atoms with van der Waals surface area (Å²) in [5.41, 5.74) is 3.04. The lowest BCUT2D eigenvalue weighted by molar-refractivity contribution is -0.133. The molecule has 1 aliphatic rings. The van der Waals surface area contributed by atoms with Crippen LogP contribution in [0.2, 0.25) is 0 Å². The maximum Gasteiger partial charge on any atom is 0.230 e. The minimum Gasteiger partial charge on any atom is -0.466 e. The maximum absolute atomic E-state index is 12.9. The third-order valence-electron chi connectivity index (χ3n) is 4.53. The molecule has 6 heteroatoms. The van der Waals surface area contributed by atoms with Crippen LogP contribution in [0.4, 0.5) is 5.82 Å². The lowest BCUT2D eigenvalue weighted by Gasteiger charge is -2.30. The van der Waals surface area contributed by atoms with Gasteiger partial charge in [0.25, 0.3) is 0 Å². The number of hydrogen-bond acceptors (Lipinski definition) is 5. The molecule has 1 amide bonds. The largest absolute Gasteiger partial charge is 0.466 e. The zero-order valence-corrected chi connectivity index (χ0v) is 14.7. The number of furan rings is 1. The van der Waals surface area contributed by atoms with Crippen LogP contribution in [-0.2, 0) is 17.8 Å². The van der Waals surface area contributed by atoms with Crippen molar-refractivity contribution < 1.29 is 9.21 Å². The Morgan fingerprint density at radius 3 is 2.83 bits per heavy atom. The smallest absolute Gasteiger partial charge is 0.230 e. The van der Waals surface area contributed by atoms with E-state index in [1.54, 1.807) is 0 Å². The number of fused-ring (bicyclic) bond motifs is 1. The fourth-order valence-corrected chi connectivity index (χ4v) is 3.27. The van der Waals surface area contributed by atoms with Crippen LogP contribution in [0.25, 0.3) is 0 Å². The van der Waals surface area contributed by atoms with Crippen molar-refractivity contribution in [3.63, 3.8) is 0 Å². The van der Waals surface area contributed by atoms with Gasteiger partial charge in [-0.25, -0.2) is 0 Å². The number of anilines is 1. The van der Waals surface area contributed by atoms with Crippen molar-refractivity contribution in [3.05, 3.63) is 40.5 Å². The molecule has 128 valence electrons. The summed E-state index contributed by atoms with van der Waals surface area (Å²) in [6.45, 7) is 9.86. The quantitative estimate of drug-likeness (QED) is 0.934. The van der Waals surface area contributed by atoms with Gasteiger partial charge < -0.3 is 14.6 Å². The molecule has 1 atom stereocenters. The van der Waals surface area contributed by atoms with Gasteiger partial charge in [0.2, 0.25) is 5.91 Å².